The molecule has 0 radical (unpaired) electrons. The highest BCUT2D eigenvalue weighted by Gasteiger charge is 2.08. The van der Waals surface area contributed by atoms with E-state index in [1.807, 2.05) is 7.05 Å². The molecule has 0 spiro atoms. The highest BCUT2D eigenvalue weighted by atomic mass is 35.5. The van der Waals surface area contributed by atoms with Crippen LogP contribution in [0.15, 0.2) is 12.3 Å². The third-order valence-electron chi connectivity index (χ3n) is 2.02. The molecule has 1 atom stereocenters. The van der Waals surface area contributed by atoms with E-state index in [2.05, 4.69) is 4.98 Å². The molecule has 0 saturated heterocycles. The number of hydrogen-bond donors (Lipinski definition) is 2. The zero-order valence-corrected chi connectivity index (χ0v) is 9.57. The molecule has 1 aromatic heterocycles. The van der Waals surface area contributed by atoms with Crippen LogP contribution in [-0.4, -0.2) is 34.9 Å². The normalized spacial score (nSPS) is 12.6. The molecule has 0 aliphatic carbocycles. The third kappa shape index (κ3) is 3.34. The van der Waals surface area contributed by atoms with Crippen molar-refractivity contribution in [2.45, 2.75) is 19.6 Å². The molecule has 1 heterocycles. The lowest BCUT2D eigenvalue weighted by Gasteiger charge is -2.20. The van der Waals surface area contributed by atoms with Gasteiger partial charge >= 0.3 is 0 Å². The lowest BCUT2D eigenvalue weighted by Crippen LogP contribution is -2.27. The molecule has 5 heteroatoms. The maximum atomic E-state index is 9.22. The van der Waals surface area contributed by atoms with Crippen LogP contribution in [0.25, 0.3) is 0 Å². The van der Waals surface area contributed by atoms with E-state index in [-0.39, 0.29) is 6.61 Å². The van der Waals surface area contributed by atoms with Crippen molar-refractivity contribution in [2.75, 3.05) is 18.5 Å². The fourth-order valence-corrected chi connectivity index (χ4v) is 1.45. The minimum atomic E-state index is -0.426. The molecule has 0 bridgehead atoms. The van der Waals surface area contributed by atoms with Gasteiger partial charge in [-0.05, 0) is 13.0 Å². The van der Waals surface area contributed by atoms with Gasteiger partial charge in [-0.25, -0.2) is 4.98 Å². The summed E-state index contributed by atoms with van der Waals surface area (Å²) < 4.78 is 0. The molecule has 0 aromatic carbocycles. The molecule has 0 fully saturated rings. The summed E-state index contributed by atoms with van der Waals surface area (Å²) >= 11 is 5.82. The van der Waals surface area contributed by atoms with E-state index in [9.17, 15) is 5.11 Å². The van der Waals surface area contributed by atoms with Crippen molar-refractivity contribution >= 4 is 17.4 Å². The maximum absolute atomic E-state index is 9.22. The number of hydrogen-bond acceptors (Lipinski definition) is 4. The summed E-state index contributed by atoms with van der Waals surface area (Å²) in [6.45, 7) is 2.08. The molecule has 1 rings (SSSR count). The van der Waals surface area contributed by atoms with Crippen molar-refractivity contribution in [3.63, 3.8) is 0 Å². The van der Waals surface area contributed by atoms with E-state index in [1.165, 1.54) is 6.20 Å². The number of pyridine rings is 1. The van der Waals surface area contributed by atoms with E-state index in [4.69, 9.17) is 16.7 Å². The van der Waals surface area contributed by atoms with Crippen LogP contribution in [0, 0.1) is 0 Å². The monoisotopic (exact) mass is 230 g/mol. The van der Waals surface area contributed by atoms with Crippen molar-refractivity contribution in [1.29, 1.82) is 0 Å². The van der Waals surface area contributed by atoms with Gasteiger partial charge in [0.2, 0.25) is 0 Å². The number of aliphatic hydroxyl groups excluding tert-OH is 2. The van der Waals surface area contributed by atoms with Crippen LogP contribution in [0.5, 0.6) is 0 Å². The second kappa shape index (κ2) is 5.30. The van der Waals surface area contributed by atoms with E-state index >= 15 is 0 Å². The predicted molar refractivity (Wildman–Crippen MR) is 60.1 cm³/mol. The van der Waals surface area contributed by atoms with Crippen LogP contribution < -0.4 is 4.90 Å². The number of likely N-dealkylation sites (N-methyl/N-ethyl adjacent to an activating group) is 1. The number of rotatable bonds is 4. The Kier molecular flexibility index (Phi) is 4.32. The Balaban J connectivity index is 2.85. The van der Waals surface area contributed by atoms with Gasteiger partial charge in [0.05, 0.1) is 17.7 Å². The molecule has 1 aromatic rings. The van der Waals surface area contributed by atoms with Gasteiger partial charge in [0.25, 0.3) is 0 Å². The van der Waals surface area contributed by atoms with E-state index in [1.54, 1.807) is 17.9 Å². The summed E-state index contributed by atoms with van der Waals surface area (Å²) in [5.74, 6) is 0.685. The molecule has 2 N–H and O–H groups in total. The molecule has 0 aliphatic rings. The molecule has 0 amide bonds. The molecule has 4 nitrogen and oxygen atoms in total. The van der Waals surface area contributed by atoms with Crippen LogP contribution in [0.2, 0.25) is 5.02 Å². The zero-order chi connectivity index (χ0) is 11.4. The Hall–Kier alpha value is -0.840. The predicted octanol–water partition coefficient (Wildman–Crippen LogP) is 1.04. The molecule has 15 heavy (non-hydrogen) atoms. The summed E-state index contributed by atoms with van der Waals surface area (Å²) in [7, 11) is 1.82. The van der Waals surface area contributed by atoms with Crippen molar-refractivity contribution in [3.05, 3.63) is 22.8 Å². The molecule has 0 saturated carbocycles. The first-order valence-electron chi connectivity index (χ1n) is 4.69. The third-order valence-corrected chi connectivity index (χ3v) is 2.36. The summed E-state index contributed by atoms with van der Waals surface area (Å²) in [6, 6.07) is 1.71. The number of halogens is 1. The van der Waals surface area contributed by atoms with Crippen LogP contribution in [0.4, 0.5) is 5.82 Å². The smallest absolute Gasteiger partial charge is 0.128 e. The second-order valence-corrected chi connectivity index (χ2v) is 3.93. The lowest BCUT2D eigenvalue weighted by atomic mass is 10.2. The number of anilines is 1. The van der Waals surface area contributed by atoms with Gasteiger partial charge in [-0.3, -0.25) is 0 Å². The largest absolute Gasteiger partial charge is 0.392 e. The minimum absolute atomic E-state index is 0.114. The average molecular weight is 231 g/mol. The summed E-state index contributed by atoms with van der Waals surface area (Å²) in [4.78, 5) is 5.92. The summed E-state index contributed by atoms with van der Waals surface area (Å²) in [6.07, 6.45) is 1.08. The topological polar surface area (TPSA) is 56.6 Å². The van der Waals surface area contributed by atoms with Crippen molar-refractivity contribution in [2.24, 2.45) is 0 Å². The first-order valence-corrected chi connectivity index (χ1v) is 5.07. The van der Waals surface area contributed by atoms with Gasteiger partial charge in [-0.15, -0.1) is 0 Å². The first-order chi connectivity index (χ1) is 7.04. The van der Waals surface area contributed by atoms with Crippen LogP contribution in [0.1, 0.15) is 12.5 Å². The SMILES string of the molecule is CC(O)CN(C)c1cc(CO)c(Cl)cn1. The molecular formula is C10H15ClN2O2. The van der Waals surface area contributed by atoms with E-state index < -0.39 is 6.10 Å². The van der Waals surface area contributed by atoms with Gasteiger partial charge in [-0.1, -0.05) is 11.6 Å². The first kappa shape index (κ1) is 12.2. The van der Waals surface area contributed by atoms with Gasteiger partial charge < -0.3 is 15.1 Å². The fourth-order valence-electron chi connectivity index (χ4n) is 1.29. The Morgan fingerprint density at radius 1 is 1.60 bits per heavy atom. The standard InChI is InChI=1S/C10H15ClN2O2/c1-7(15)5-13(2)10-3-8(6-14)9(11)4-12-10/h3-4,7,14-15H,5-6H2,1-2H3. The van der Waals surface area contributed by atoms with Gasteiger partial charge in [0.1, 0.15) is 5.82 Å². The van der Waals surface area contributed by atoms with E-state index in [0.29, 0.717) is 22.9 Å². The Bertz CT molecular complexity index is 331. The molecule has 1 unspecified atom stereocenters. The highest BCUT2D eigenvalue weighted by Crippen LogP contribution is 2.19. The quantitative estimate of drug-likeness (QED) is 0.812. The van der Waals surface area contributed by atoms with Crippen molar-refractivity contribution in [3.8, 4) is 0 Å². The highest BCUT2D eigenvalue weighted by molar-refractivity contribution is 6.31. The average Bonchev–Trinajstić information content (AvgIpc) is 2.17. The maximum Gasteiger partial charge on any atom is 0.128 e. The van der Waals surface area contributed by atoms with Crippen LogP contribution in [-0.2, 0) is 6.61 Å². The second-order valence-electron chi connectivity index (χ2n) is 3.52. The Morgan fingerprint density at radius 2 is 2.27 bits per heavy atom. The van der Waals surface area contributed by atoms with E-state index in [0.717, 1.165) is 0 Å². The number of aromatic nitrogens is 1. The molecular weight excluding hydrogens is 216 g/mol. The minimum Gasteiger partial charge on any atom is -0.392 e. The molecule has 84 valence electrons. The van der Waals surface area contributed by atoms with Gasteiger partial charge in [0, 0.05) is 25.4 Å². The summed E-state index contributed by atoms with van der Waals surface area (Å²) in [5, 5.41) is 18.7. The molecule has 0 aliphatic heterocycles. The Morgan fingerprint density at radius 3 is 2.80 bits per heavy atom. The van der Waals surface area contributed by atoms with Crippen LogP contribution >= 0.6 is 11.6 Å². The fraction of sp³-hybridized carbons (Fsp3) is 0.500. The van der Waals surface area contributed by atoms with Gasteiger partial charge in [-0.2, -0.15) is 0 Å². The van der Waals surface area contributed by atoms with Crippen LogP contribution in [0.3, 0.4) is 0 Å². The van der Waals surface area contributed by atoms with Gasteiger partial charge in [0.15, 0.2) is 0 Å². The number of aliphatic hydroxyl groups is 2. The lowest BCUT2D eigenvalue weighted by molar-refractivity contribution is 0.201. The Labute approximate surface area is 94.1 Å². The van der Waals surface area contributed by atoms with Crippen molar-refractivity contribution in [1.82, 2.24) is 4.98 Å². The summed E-state index contributed by atoms with van der Waals surface area (Å²) in [5.41, 5.74) is 0.638. The zero-order valence-electron chi connectivity index (χ0n) is 8.81. The van der Waals surface area contributed by atoms with Crippen molar-refractivity contribution < 1.29 is 10.2 Å². The number of nitrogens with zero attached hydrogens (tertiary/aromatic N) is 2.